The molecule has 3 aromatic rings. The van der Waals surface area contributed by atoms with Gasteiger partial charge in [-0.25, -0.2) is 0 Å². The zero-order valence-electron chi connectivity index (χ0n) is 13.4. The molecule has 6 heteroatoms. The lowest BCUT2D eigenvalue weighted by Crippen LogP contribution is -2.25. The average Bonchev–Trinajstić information content (AvgIpc) is 3.08. The molecule has 2 aromatic carbocycles. The Hall–Kier alpha value is -2.34. The van der Waals surface area contributed by atoms with Crippen molar-refractivity contribution in [2.45, 2.75) is 31.0 Å². The van der Waals surface area contributed by atoms with E-state index in [0.29, 0.717) is 0 Å². The molecular weight excluding hydrogens is 320 g/mol. The van der Waals surface area contributed by atoms with Crippen LogP contribution in [-0.2, 0) is 6.42 Å². The second kappa shape index (κ2) is 6.65. The van der Waals surface area contributed by atoms with Crippen molar-refractivity contribution in [2.24, 2.45) is 0 Å². The van der Waals surface area contributed by atoms with Crippen molar-refractivity contribution >= 4 is 11.8 Å². The van der Waals surface area contributed by atoms with Crippen LogP contribution in [0, 0.1) is 6.92 Å². The zero-order valence-corrected chi connectivity index (χ0v) is 14.2. The molecule has 1 aliphatic rings. The Morgan fingerprint density at radius 2 is 2.00 bits per heavy atom. The molecule has 0 amide bonds. The standard InChI is InChI=1S/C18H18N4OS/c1-13-6-2-4-8-16(13)22-18(19-20-21-22)24-12-15-11-10-14-7-3-5-9-17(14)23-15/h2-9,15H,10-12H2,1H3. The van der Waals surface area contributed by atoms with Gasteiger partial charge in [-0.3, -0.25) is 0 Å². The van der Waals surface area contributed by atoms with Crippen molar-refractivity contribution in [1.82, 2.24) is 20.2 Å². The van der Waals surface area contributed by atoms with Crippen molar-refractivity contribution in [3.63, 3.8) is 0 Å². The summed E-state index contributed by atoms with van der Waals surface area (Å²) >= 11 is 1.64. The molecule has 0 saturated heterocycles. The summed E-state index contributed by atoms with van der Waals surface area (Å²) in [7, 11) is 0. The molecule has 0 spiro atoms. The van der Waals surface area contributed by atoms with Crippen molar-refractivity contribution < 1.29 is 4.74 Å². The molecule has 4 rings (SSSR count). The Morgan fingerprint density at radius 3 is 2.92 bits per heavy atom. The van der Waals surface area contributed by atoms with Gasteiger partial charge in [0, 0.05) is 5.75 Å². The van der Waals surface area contributed by atoms with Crippen LogP contribution < -0.4 is 4.74 Å². The van der Waals surface area contributed by atoms with E-state index in [1.165, 1.54) is 5.56 Å². The van der Waals surface area contributed by atoms with E-state index >= 15 is 0 Å². The average molecular weight is 338 g/mol. The summed E-state index contributed by atoms with van der Waals surface area (Å²) in [4.78, 5) is 0. The number of ether oxygens (including phenoxy) is 1. The topological polar surface area (TPSA) is 52.8 Å². The molecule has 1 aliphatic heterocycles. The molecule has 0 radical (unpaired) electrons. The van der Waals surface area contributed by atoms with E-state index < -0.39 is 0 Å². The van der Waals surface area contributed by atoms with E-state index in [1.807, 2.05) is 30.3 Å². The van der Waals surface area contributed by atoms with Crippen LogP contribution in [0.1, 0.15) is 17.5 Å². The quantitative estimate of drug-likeness (QED) is 0.682. The van der Waals surface area contributed by atoms with Crippen LogP contribution in [0.5, 0.6) is 5.75 Å². The fraction of sp³-hybridized carbons (Fsp3) is 0.278. The molecule has 5 nitrogen and oxygen atoms in total. The number of fused-ring (bicyclic) bond motifs is 1. The molecular formula is C18H18N4OS. The Balaban J connectivity index is 1.47. The van der Waals surface area contributed by atoms with Crippen LogP contribution in [-0.4, -0.2) is 32.1 Å². The molecule has 24 heavy (non-hydrogen) atoms. The summed E-state index contributed by atoms with van der Waals surface area (Å²) in [5.41, 5.74) is 3.46. The Bertz CT molecular complexity index is 848. The predicted octanol–water partition coefficient (Wildman–Crippen LogP) is 3.46. The lowest BCUT2D eigenvalue weighted by atomic mass is 10.0. The van der Waals surface area contributed by atoms with Crippen molar-refractivity contribution in [2.75, 3.05) is 5.75 Å². The zero-order chi connectivity index (χ0) is 16.4. The van der Waals surface area contributed by atoms with Crippen molar-refractivity contribution in [3.05, 3.63) is 59.7 Å². The molecule has 1 atom stereocenters. The molecule has 1 aromatic heterocycles. The molecule has 0 bridgehead atoms. The van der Waals surface area contributed by atoms with Gasteiger partial charge in [-0.05, 0) is 53.5 Å². The molecule has 2 heterocycles. The van der Waals surface area contributed by atoms with Gasteiger partial charge in [0.25, 0.3) is 0 Å². The number of benzene rings is 2. The highest BCUT2D eigenvalue weighted by Crippen LogP contribution is 2.30. The number of aryl methyl sites for hydroxylation is 2. The van der Waals surface area contributed by atoms with Gasteiger partial charge in [-0.15, -0.1) is 5.10 Å². The van der Waals surface area contributed by atoms with Crippen LogP contribution in [0.3, 0.4) is 0 Å². The fourth-order valence-corrected chi connectivity index (χ4v) is 3.81. The van der Waals surface area contributed by atoms with Gasteiger partial charge in [-0.2, -0.15) is 4.68 Å². The van der Waals surface area contributed by atoms with Gasteiger partial charge in [0.15, 0.2) is 0 Å². The maximum atomic E-state index is 6.10. The first-order valence-electron chi connectivity index (χ1n) is 8.03. The minimum Gasteiger partial charge on any atom is -0.489 e. The molecule has 0 fully saturated rings. The number of nitrogens with zero attached hydrogens (tertiary/aromatic N) is 4. The van der Waals surface area contributed by atoms with Gasteiger partial charge < -0.3 is 4.74 Å². The van der Waals surface area contributed by atoms with Crippen LogP contribution in [0.4, 0.5) is 0 Å². The lowest BCUT2D eigenvalue weighted by molar-refractivity contribution is 0.197. The minimum absolute atomic E-state index is 0.187. The van der Waals surface area contributed by atoms with E-state index in [9.17, 15) is 0 Å². The normalized spacial score (nSPS) is 16.5. The summed E-state index contributed by atoms with van der Waals surface area (Å²) in [6, 6.07) is 16.4. The third-order valence-corrected chi connectivity index (χ3v) is 5.24. The number of para-hydroxylation sites is 2. The monoisotopic (exact) mass is 338 g/mol. The number of hydrogen-bond donors (Lipinski definition) is 0. The number of rotatable bonds is 4. The summed E-state index contributed by atoms with van der Waals surface area (Å²) in [6.07, 6.45) is 2.27. The van der Waals surface area contributed by atoms with Gasteiger partial charge in [0.05, 0.1) is 5.69 Å². The maximum Gasteiger partial charge on any atom is 0.214 e. The van der Waals surface area contributed by atoms with Crippen LogP contribution >= 0.6 is 11.8 Å². The van der Waals surface area contributed by atoms with Crippen LogP contribution in [0.2, 0.25) is 0 Å². The van der Waals surface area contributed by atoms with Crippen LogP contribution in [0.15, 0.2) is 53.7 Å². The first-order chi connectivity index (χ1) is 11.8. The van der Waals surface area contributed by atoms with Gasteiger partial charge in [0.2, 0.25) is 5.16 Å². The predicted molar refractivity (Wildman–Crippen MR) is 93.8 cm³/mol. The molecule has 0 saturated carbocycles. The van der Waals surface area contributed by atoms with Gasteiger partial charge >= 0.3 is 0 Å². The van der Waals surface area contributed by atoms with Gasteiger partial charge in [0.1, 0.15) is 11.9 Å². The Morgan fingerprint density at radius 1 is 1.17 bits per heavy atom. The second-order valence-corrected chi connectivity index (χ2v) is 6.84. The summed E-state index contributed by atoms with van der Waals surface area (Å²) in [6.45, 7) is 2.06. The first kappa shape index (κ1) is 15.2. The second-order valence-electron chi connectivity index (χ2n) is 5.86. The molecule has 1 unspecified atom stereocenters. The Labute approximate surface area is 145 Å². The highest BCUT2D eigenvalue weighted by atomic mass is 32.2. The number of hydrogen-bond acceptors (Lipinski definition) is 5. The molecule has 122 valence electrons. The first-order valence-corrected chi connectivity index (χ1v) is 9.01. The molecule has 0 aliphatic carbocycles. The van der Waals surface area contributed by atoms with E-state index in [-0.39, 0.29) is 6.10 Å². The van der Waals surface area contributed by atoms with E-state index in [2.05, 4.69) is 40.6 Å². The third kappa shape index (κ3) is 3.01. The van der Waals surface area contributed by atoms with Gasteiger partial charge in [-0.1, -0.05) is 48.2 Å². The SMILES string of the molecule is Cc1ccccc1-n1nnnc1SCC1CCc2ccccc2O1. The van der Waals surface area contributed by atoms with E-state index in [0.717, 1.165) is 40.8 Å². The molecule has 0 N–H and O–H groups in total. The smallest absolute Gasteiger partial charge is 0.214 e. The largest absolute Gasteiger partial charge is 0.489 e. The number of tetrazole rings is 1. The number of thioether (sulfide) groups is 1. The summed E-state index contributed by atoms with van der Waals surface area (Å²) in [5, 5.41) is 13.0. The van der Waals surface area contributed by atoms with Crippen LogP contribution in [0.25, 0.3) is 5.69 Å². The lowest BCUT2D eigenvalue weighted by Gasteiger charge is -2.25. The highest BCUT2D eigenvalue weighted by molar-refractivity contribution is 7.99. The van der Waals surface area contributed by atoms with Crippen molar-refractivity contribution in [1.29, 1.82) is 0 Å². The van der Waals surface area contributed by atoms with Crippen molar-refractivity contribution in [3.8, 4) is 11.4 Å². The minimum atomic E-state index is 0.187. The Kier molecular flexibility index (Phi) is 4.21. The van der Waals surface area contributed by atoms with E-state index in [4.69, 9.17) is 4.74 Å². The fourth-order valence-electron chi connectivity index (χ4n) is 2.89. The maximum absolute atomic E-state index is 6.10. The summed E-state index contributed by atoms with van der Waals surface area (Å²) in [5.74, 6) is 1.84. The summed E-state index contributed by atoms with van der Waals surface area (Å²) < 4.78 is 7.90. The highest BCUT2D eigenvalue weighted by Gasteiger charge is 2.21. The third-order valence-electron chi connectivity index (χ3n) is 4.18. The van der Waals surface area contributed by atoms with E-state index in [1.54, 1.807) is 16.4 Å². The number of aromatic nitrogens is 4.